The molecule has 1 aromatic rings. The smallest absolute Gasteiger partial charge is 0.303 e. The summed E-state index contributed by atoms with van der Waals surface area (Å²) in [5.74, 6) is -0.801. The lowest BCUT2D eigenvalue weighted by Gasteiger charge is -2.34. The van der Waals surface area contributed by atoms with Gasteiger partial charge in [0.2, 0.25) is 0 Å². The van der Waals surface area contributed by atoms with E-state index in [1.807, 2.05) is 12.1 Å². The molecule has 0 aromatic heterocycles. The molecule has 3 heteroatoms. The second-order valence-corrected chi connectivity index (χ2v) is 4.41. The van der Waals surface area contributed by atoms with Gasteiger partial charge in [0, 0.05) is 6.42 Å². The van der Waals surface area contributed by atoms with Crippen molar-refractivity contribution in [3.8, 4) is 0 Å². The maximum absolute atomic E-state index is 14.0. The van der Waals surface area contributed by atoms with Gasteiger partial charge in [-0.1, -0.05) is 24.3 Å². The van der Waals surface area contributed by atoms with Crippen LogP contribution in [-0.2, 0) is 16.9 Å². The van der Waals surface area contributed by atoms with Crippen LogP contribution in [0.25, 0.3) is 0 Å². The number of aryl methyl sites for hydroxylation is 1. The van der Waals surface area contributed by atoms with Crippen LogP contribution in [0.3, 0.4) is 0 Å². The number of carbonyl (C=O) groups is 1. The summed E-state index contributed by atoms with van der Waals surface area (Å²) in [6.45, 7) is 0. The average molecular weight is 222 g/mol. The molecule has 0 atom stereocenters. The number of hydrogen-bond acceptors (Lipinski definition) is 1. The Hall–Kier alpha value is -1.38. The van der Waals surface area contributed by atoms with Crippen molar-refractivity contribution in [3.63, 3.8) is 0 Å². The van der Waals surface area contributed by atoms with E-state index < -0.39 is 11.6 Å². The van der Waals surface area contributed by atoms with Gasteiger partial charge in [0.25, 0.3) is 0 Å². The Morgan fingerprint density at radius 1 is 1.31 bits per heavy atom. The molecule has 0 amide bonds. The van der Waals surface area contributed by atoms with E-state index in [1.165, 1.54) is 0 Å². The third-order valence-corrected chi connectivity index (χ3v) is 3.24. The second-order valence-electron chi connectivity index (χ2n) is 4.41. The predicted octanol–water partition coefficient (Wildman–Crippen LogP) is 3.05. The van der Waals surface area contributed by atoms with Crippen LogP contribution in [0.4, 0.5) is 4.39 Å². The molecule has 1 N–H and O–H groups in total. The number of carboxylic acids is 1. The van der Waals surface area contributed by atoms with Gasteiger partial charge in [0.15, 0.2) is 0 Å². The van der Waals surface area contributed by atoms with E-state index in [9.17, 15) is 9.18 Å². The van der Waals surface area contributed by atoms with Crippen molar-refractivity contribution < 1.29 is 14.3 Å². The minimum atomic E-state index is -1.12. The van der Waals surface area contributed by atoms with Gasteiger partial charge in [0.1, 0.15) is 5.67 Å². The number of benzene rings is 1. The van der Waals surface area contributed by atoms with Crippen LogP contribution < -0.4 is 0 Å². The molecule has 1 aromatic carbocycles. The van der Waals surface area contributed by atoms with Gasteiger partial charge < -0.3 is 5.11 Å². The first kappa shape index (κ1) is 11.1. The zero-order chi connectivity index (χ0) is 11.6. The second kappa shape index (κ2) is 4.24. The summed E-state index contributed by atoms with van der Waals surface area (Å²) in [6.07, 6.45) is 2.81. The van der Waals surface area contributed by atoms with Crippen molar-refractivity contribution in [2.24, 2.45) is 0 Å². The van der Waals surface area contributed by atoms with Gasteiger partial charge in [-0.05, 0) is 36.8 Å². The Morgan fingerprint density at radius 3 is 2.38 bits per heavy atom. The van der Waals surface area contributed by atoms with Gasteiger partial charge in [-0.25, -0.2) is 4.39 Å². The van der Waals surface area contributed by atoms with Gasteiger partial charge >= 0.3 is 5.97 Å². The zero-order valence-corrected chi connectivity index (χ0v) is 9.08. The fourth-order valence-electron chi connectivity index (χ4n) is 2.00. The molecular weight excluding hydrogens is 207 g/mol. The quantitative estimate of drug-likeness (QED) is 0.850. The standard InChI is InChI=1S/C13H15FO2/c14-13(8-1-9-13)11-5-2-10(3-6-11)4-7-12(15)16/h2-3,5-6H,1,4,7-9H2,(H,15,16). The molecule has 0 unspecified atom stereocenters. The van der Waals surface area contributed by atoms with Crippen LogP contribution in [0.15, 0.2) is 24.3 Å². The summed E-state index contributed by atoms with van der Waals surface area (Å²) in [7, 11) is 0. The van der Waals surface area contributed by atoms with Crippen molar-refractivity contribution in [2.45, 2.75) is 37.8 Å². The topological polar surface area (TPSA) is 37.3 Å². The number of hydrogen-bond donors (Lipinski definition) is 1. The fourth-order valence-corrected chi connectivity index (χ4v) is 2.00. The maximum atomic E-state index is 14.0. The maximum Gasteiger partial charge on any atom is 0.303 e. The van der Waals surface area contributed by atoms with Gasteiger partial charge in [-0.3, -0.25) is 4.79 Å². The summed E-state index contributed by atoms with van der Waals surface area (Å²) in [5.41, 5.74) is 0.567. The van der Waals surface area contributed by atoms with Crippen LogP contribution >= 0.6 is 0 Å². The molecule has 2 rings (SSSR count). The Kier molecular flexibility index (Phi) is 2.95. The minimum absolute atomic E-state index is 0.125. The summed E-state index contributed by atoms with van der Waals surface area (Å²) < 4.78 is 14.0. The van der Waals surface area contributed by atoms with Gasteiger partial charge in [-0.15, -0.1) is 0 Å². The summed E-state index contributed by atoms with van der Waals surface area (Å²) in [6, 6.07) is 7.24. The molecular formula is C13H15FO2. The van der Waals surface area contributed by atoms with Gasteiger partial charge in [0.05, 0.1) is 0 Å². The molecule has 0 saturated heterocycles. The Morgan fingerprint density at radius 2 is 1.94 bits per heavy atom. The largest absolute Gasteiger partial charge is 0.481 e. The molecule has 1 saturated carbocycles. The molecule has 1 aliphatic carbocycles. The number of alkyl halides is 1. The average Bonchev–Trinajstić information content (AvgIpc) is 2.24. The fraction of sp³-hybridized carbons (Fsp3) is 0.462. The summed E-state index contributed by atoms with van der Waals surface area (Å²) in [4.78, 5) is 10.4. The van der Waals surface area contributed by atoms with E-state index in [-0.39, 0.29) is 6.42 Å². The van der Waals surface area contributed by atoms with E-state index in [4.69, 9.17) is 5.11 Å². The van der Waals surface area contributed by atoms with Crippen LogP contribution in [0, 0.1) is 0 Å². The number of aliphatic carboxylic acids is 1. The normalized spacial score (nSPS) is 17.8. The molecule has 86 valence electrons. The highest BCUT2D eigenvalue weighted by Crippen LogP contribution is 2.44. The highest BCUT2D eigenvalue weighted by atomic mass is 19.1. The molecule has 1 fully saturated rings. The zero-order valence-electron chi connectivity index (χ0n) is 9.08. The van der Waals surface area contributed by atoms with Crippen LogP contribution in [0.1, 0.15) is 36.8 Å². The van der Waals surface area contributed by atoms with Crippen molar-refractivity contribution in [1.29, 1.82) is 0 Å². The van der Waals surface area contributed by atoms with E-state index in [1.54, 1.807) is 12.1 Å². The van der Waals surface area contributed by atoms with E-state index in [2.05, 4.69) is 0 Å². The minimum Gasteiger partial charge on any atom is -0.481 e. The Bertz CT molecular complexity index is 379. The molecule has 0 bridgehead atoms. The Balaban J connectivity index is 2.02. The lowest BCUT2D eigenvalue weighted by molar-refractivity contribution is -0.136. The first-order valence-corrected chi connectivity index (χ1v) is 5.60. The molecule has 0 aliphatic heterocycles. The highest BCUT2D eigenvalue weighted by Gasteiger charge is 2.38. The third kappa shape index (κ3) is 2.23. The monoisotopic (exact) mass is 222 g/mol. The van der Waals surface area contributed by atoms with Crippen LogP contribution in [0.2, 0.25) is 0 Å². The SMILES string of the molecule is O=C(O)CCc1ccc(C2(F)CCC2)cc1. The lowest BCUT2D eigenvalue weighted by Crippen LogP contribution is -2.28. The molecule has 2 nitrogen and oxygen atoms in total. The molecule has 1 aliphatic rings. The van der Waals surface area contributed by atoms with Crippen molar-refractivity contribution in [3.05, 3.63) is 35.4 Å². The highest BCUT2D eigenvalue weighted by molar-refractivity contribution is 5.67. The van der Waals surface area contributed by atoms with Crippen LogP contribution in [-0.4, -0.2) is 11.1 Å². The van der Waals surface area contributed by atoms with Crippen molar-refractivity contribution >= 4 is 5.97 Å². The van der Waals surface area contributed by atoms with E-state index >= 15 is 0 Å². The number of carboxylic acid groups (broad SMARTS) is 1. The molecule has 0 heterocycles. The number of rotatable bonds is 4. The molecule has 0 spiro atoms. The van der Waals surface area contributed by atoms with E-state index in [0.717, 1.165) is 17.5 Å². The van der Waals surface area contributed by atoms with Crippen LogP contribution in [0.5, 0.6) is 0 Å². The van der Waals surface area contributed by atoms with Gasteiger partial charge in [-0.2, -0.15) is 0 Å². The van der Waals surface area contributed by atoms with Crippen molar-refractivity contribution in [1.82, 2.24) is 0 Å². The summed E-state index contributed by atoms with van der Waals surface area (Å²) >= 11 is 0. The lowest BCUT2D eigenvalue weighted by atomic mass is 9.76. The van der Waals surface area contributed by atoms with E-state index in [0.29, 0.717) is 19.3 Å². The third-order valence-electron chi connectivity index (χ3n) is 3.24. The number of halogens is 1. The first-order chi connectivity index (χ1) is 7.60. The molecule has 0 radical (unpaired) electrons. The summed E-state index contributed by atoms with van der Waals surface area (Å²) in [5, 5.41) is 8.55. The first-order valence-electron chi connectivity index (χ1n) is 5.60. The predicted molar refractivity (Wildman–Crippen MR) is 59.0 cm³/mol. The van der Waals surface area contributed by atoms with Crippen molar-refractivity contribution in [2.75, 3.05) is 0 Å². The Labute approximate surface area is 94.1 Å². The molecule has 16 heavy (non-hydrogen) atoms.